The fourth-order valence-electron chi connectivity index (χ4n) is 3.20. The molecule has 5 heteroatoms. The Labute approximate surface area is 145 Å². The second-order valence-electron chi connectivity index (χ2n) is 6.74. The molecule has 1 aromatic carbocycles. The molecule has 0 saturated heterocycles. The predicted molar refractivity (Wildman–Crippen MR) is 101 cm³/mol. The topological polar surface area (TPSA) is 51.4 Å². The van der Waals surface area contributed by atoms with Crippen molar-refractivity contribution >= 4 is 16.9 Å². The summed E-state index contributed by atoms with van der Waals surface area (Å²) >= 11 is 0. The van der Waals surface area contributed by atoms with Gasteiger partial charge in [-0.1, -0.05) is 12.1 Å². The Morgan fingerprint density at radius 3 is 2.75 bits per heavy atom. The first-order chi connectivity index (χ1) is 11.4. The number of nitrogens with zero attached hydrogens (tertiary/aromatic N) is 2. The van der Waals surface area contributed by atoms with Gasteiger partial charge in [-0.3, -0.25) is 0 Å². The van der Waals surface area contributed by atoms with Gasteiger partial charge in [-0.05, 0) is 58.5 Å². The number of likely N-dealkylation sites (N-methyl/N-ethyl adjacent to an activating group) is 2. The van der Waals surface area contributed by atoms with Gasteiger partial charge in [0.05, 0.1) is 0 Å². The van der Waals surface area contributed by atoms with Crippen molar-refractivity contribution in [1.82, 2.24) is 20.1 Å². The van der Waals surface area contributed by atoms with Crippen LogP contribution in [-0.2, 0) is 6.42 Å². The number of amides is 2. The maximum Gasteiger partial charge on any atom is 0.317 e. The minimum atomic E-state index is 0.0162. The lowest BCUT2D eigenvalue weighted by atomic mass is 10.1. The number of nitrogens with one attached hydrogen (secondary N) is 2. The molecule has 1 aromatic heterocycles. The quantitative estimate of drug-likeness (QED) is 0.820. The van der Waals surface area contributed by atoms with E-state index in [1.807, 2.05) is 32.1 Å². The molecule has 24 heavy (non-hydrogen) atoms. The summed E-state index contributed by atoms with van der Waals surface area (Å²) < 4.78 is 0. The highest BCUT2D eigenvalue weighted by molar-refractivity contribution is 5.84. The number of carbonyl (C=O) groups excluding carboxylic acids is 1. The fraction of sp³-hybridized carbons (Fsp3) is 0.526. The number of aromatic nitrogens is 1. The molecule has 0 saturated carbocycles. The van der Waals surface area contributed by atoms with Gasteiger partial charge in [0.1, 0.15) is 0 Å². The Kier molecular flexibility index (Phi) is 6.26. The van der Waals surface area contributed by atoms with E-state index >= 15 is 0 Å². The van der Waals surface area contributed by atoms with Crippen LogP contribution >= 0.6 is 0 Å². The van der Waals surface area contributed by atoms with Gasteiger partial charge >= 0.3 is 6.03 Å². The standard InChI is InChI=1S/C19H30N4O/c1-6-23(15(3)13-22(4)5)19(24)20-10-9-16-12-21-18-11-14(2)7-8-17(16)18/h7-8,11-12,15,21H,6,9-10,13H2,1-5H3,(H,20,24). The van der Waals surface area contributed by atoms with E-state index in [1.54, 1.807) is 0 Å². The number of aryl methyl sites for hydroxylation is 1. The largest absolute Gasteiger partial charge is 0.361 e. The van der Waals surface area contributed by atoms with Crippen molar-refractivity contribution in [1.29, 1.82) is 0 Å². The zero-order chi connectivity index (χ0) is 17.7. The van der Waals surface area contributed by atoms with Crippen LogP contribution in [0.25, 0.3) is 10.9 Å². The molecule has 0 aliphatic heterocycles. The fourth-order valence-corrected chi connectivity index (χ4v) is 3.20. The maximum absolute atomic E-state index is 12.4. The molecule has 2 aromatic rings. The highest BCUT2D eigenvalue weighted by Crippen LogP contribution is 2.19. The first kappa shape index (κ1) is 18.3. The summed E-state index contributed by atoms with van der Waals surface area (Å²) in [5.41, 5.74) is 3.65. The Bertz CT molecular complexity index is 677. The van der Waals surface area contributed by atoms with Crippen LogP contribution in [0.3, 0.4) is 0 Å². The summed E-state index contributed by atoms with van der Waals surface area (Å²) in [6.45, 7) is 8.42. The van der Waals surface area contributed by atoms with Crippen LogP contribution in [-0.4, -0.2) is 60.6 Å². The Morgan fingerprint density at radius 1 is 1.33 bits per heavy atom. The van der Waals surface area contributed by atoms with Gasteiger partial charge in [0.25, 0.3) is 0 Å². The van der Waals surface area contributed by atoms with Crippen LogP contribution in [0.15, 0.2) is 24.4 Å². The number of hydrogen-bond acceptors (Lipinski definition) is 2. The van der Waals surface area contributed by atoms with Crippen LogP contribution in [0, 0.1) is 6.92 Å². The number of aromatic amines is 1. The predicted octanol–water partition coefficient (Wildman–Crippen LogP) is 3.00. The Hall–Kier alpha value is -2.01. The highest BCUT2D eigenvalue weighted by Gasteiger charge is 2.18. The van der Waals surface area contributed by atoms with Gasteiger partial charge in [-0.25, -0.2) is 4.79 Å². The zero-order valence-electron chi connectivity index (χ0n) is 15.5. The van der Waals surface area contributed by atoms with Crippen LogP contribution in [0.1, 0.15) is 25.0 Å². The van der Waals surface area contributed by atoms with Crippen molar-refractivity contribution in [2.45, 2.75) is 33.2 Å². The van der Waals surface area contributed by atoms with Crippen molar-refractivity contribution in [2.75, 3.05) is 33.7 Å². The molecule has 0 fully saturated rings. The SMILES string of the molecule is CCN(C(=O)NCCc1c[nH]c2cc(C)ccc12)C(C)CN(C)C. The summed E-state index contributed by atoms with van der Waals surface area (Å²) in [4.78, 5) is 19.7. The summed E-state index contributed by atoms with van der Waals surface area (Å²) in [5, 5.41) is 4.30. The van der Waals surface area contributed by atoms with E-state index in [0.29, 0.717) is 13.1 Å². The number of urea groups is 1. The van der Waals surface area contributed by atoms with Gasteiger partial charge < -0.3 is 20.1 Å². The average Bonchev–Trinajstić information content (AvgIpc) is 2.89. The Balaban J connectivity index is 1.91. The van der Waals surface area contributed by atoms with E-state index in [4.69, 9.17) is 0 Å². The lowest BCUT2D eigenvalue weighted by Crippen LogP contribution is -2.48. The second-order valence-corrected chi connectivity index (χ2v) is 6.74. The number of hydrogen-bond donors (Lipinski definition) is 2. The van der Waals surface area contributed by atoms with Crippen molar-refractivity contribution in [3.8, 4) is 0 Å². The van der Waals surface area contributed by atoms with Crippen LogP contribution in [0.4, 0.5) is 4.79 Å². The van der Waals surface area contributed by atoms with E-state index in [9.17, 15) is 4.79 Å². The van der Waals surface area contributed by atoms with Crippen molar-refractivity contribution < 1.29 is 4.79 Å². The zero-order valence-corrected chi connectivity index (χ0v) is 15.5. The lowest BCUT2D eigenvalue weighted by Gasteiger charge is -2.30. The van der Waals surface area contributed by atoms with E-state index in [1.165, 1.54) is 16.5 Å². The molecule has 5 nitrogen and oxygen atoms in total. The summed E-state index contributed by atoms with van der Waals surface area (Å²) in [6.07, 6.45) is 2.87. The molecule has 0 bridgehead atoms. The van der Waals surface area contributed by atoms with E-state index < -0.39 is 0 Å². The van der Waals surface area contributed by atoms with Gasteiger partial charge in [0.15, 0.2) is 0 Å². The normalized spacial score (nSPS) is 12.6. The third kappa shape index (κ3) is 4.51. The Morgan fingerprint density at radius 2 is 2.08 bits per heavy atom. The molecular formula is C19H30N4O. The molecule has 0 spiro atoms. The number of H-pyrrole nitrogens is 1. The molecule has 1 atom stereocenters. The first-order valence-corrected chi connectivity index (χ1v) is 8.68. The highest BCUT2D eigenvalue weighted by atomic mass is 16.2. The third-order valence-corrected chi connectivity index (χ3v) is 4.36. The van der Waals surface area contributed by atoms with Crippen LogP contribution in [0.5, 0.6) is 0 Å². The molecule has 0 aliphatic carbocycles. The lowest BCUT2D eigenvalue weighted by molar-refractivity contribution is 0.169. The van der Waals surface area contributed by atoms with Gasteiger partial charge in [-0.15, -0.1) is 0 Å². The first-order valence-electron chi connectivity index (χ1n) is 8.68. The van der Waals surface area contributed by atoms with Crippen molar-refractivity contribution in [2.24, 2.45) is 0 Å². The van der Waals surface area contributed by atoms with Crippen molar-refractivity contribution in [3.63, 3.8) is 0 Å². The van der Waals surface area contributed by atoms with Gasteiger partial charge in [0, 0.05) is 42.8 Å². The smallest absolute Gasteiger partial charge is 0.317 e. The van der Waals surface area contributed by atoms with E-state index in [2.05, 4.69) is 47.2 Å². The molecular weight excluding hydrogens is 300 g/mol. The number of carbonyl (C=O) groups is 1. The number of rotatable bonds is 7. The van der Waals surface area contributed by atoms with Gasteiger partial charge in [0.2, 0.25) is 0 Å². The molecule has 0 radical (unpaired) electrons. The molecule has 2 N–H and O–H groups in total. The monoisotopic (exact) mass is 330 g/mol. The summed E-state index contributed by atoms with van der Waals surface area (Å²) in [7, 11) is 4.06. The summed E-state index contributed by atoms with van der Waals surface area (Å²) in [6, 6.07) is 6.64. The molecule has 2 amide bonds. The van der Waals surface area contributed by atoms with E-state index in [-0.39, 0.29) is 12.1 Å². The minimum Gasteiger partial charge on any atom is -0.361 e. The molecule has 0 aliphatic rings. The van der Waals surface area contributed by atoms with Crippen LogP contribution < -0.4 is 5.32 Å². The molecule has 2 rings (SSSR count). The second kappa shape index (κ2) is 8.20. The molecule has 1 heterocycles. The minimum absolute atomic E-state index is 0.0162. The third-order valence-electron chi connectivity index (χ3n) is 4.36. The summed E-state index contributed by atoms with van der Waals surface area (Å²) in [5.74, 6) is 0. The van der Waals surface area contributed by atoms with E-state index in [0.717, 1.165) is 18.5 Å². The van der Waals surface area contributed by atoms with Crippen molar-refractivity contribution in [3.05, 3.63) is 35.5 Å². The maximum atomic E-state index is 12.4. The van der Waals surface area contributed by atoms with Gasteiger partial charge in [-0.2, -0.15) is 0 Å². The number of benzene rings is 1. The number of fused-ring (bicyclic) bond motifs is 1. The molecule has 132 valence electrons. The molecule has 1 unspecified atom stereocenters. The average molecular weight is 330 g/mol. The van der Waals surface area contributed by atoms with Crippen LogP contribution in [0.2, 0.25) is 0 Å².